The van der Waals surface area contributed by atoms with Gasteiger partial charge in [-0.1, -0.05) is 17.6 Å². The minimum Gasteiger partial charge on any atom is -0.359 e. The summed E-state index contributed by atoms with van der Waals surface area (Å²) in [4.78, 5) is 6.86. The van der Waals surface area contributed by atoms with E-state index in [0.717, 1.165) is 43.2 Å². The molecule has 4 heterocycles. The number of rotatable bonds is 6. The third-order valence-electron chi connectivity index (χ3n) is 4.84. The zero-order valence-electron chi connectivity index (χ0n) is 14.3. The van der Waals surface area contributed by atoms with Gasteiger partial charge in [-0.2, -0.15) is 5.10 Å². The molecule has 1 saturated heterocycles. The normalized spacial score (nSPS) is 18.5. The SMILES string of the molecule is c1ccc(-c2cc(CN3CCCC[C@H]3CCn3cccn3)on2)nc1. The van der Waals surface area contributed by atoms with Crippen LogP contribution in [0, 0.1) is 0 Å². The number of aryl methyl sites for hydroxylation is 1. The predicted octanol–water partition coefficient (Wildman–Crippen LogP) is 3.38. The van der Waals surface area contributed by atoms with Crippen molar-refractivity contribution in [3.8, 4) is 11.4 Å². The van der Waals surface area contributed by atoms with Crippen molar-refractivity contribution < 1.29 is 4.52 Å². The molecular formula is C19H23N5O. The van der Waals surface area contributed by atoms with Gasteiger partial charge in [0.1, 0.15) is 5.69 Å². The second-order valence-electron chi connectivity index (χ2n) is 6.57. The molecule has 0 saturated carbocycles. The molecule has 6 heteroatoms. The summed E-state index contributed by atoms with van der Waals surface area (Å²) in [6, 6.07) is 10.4. The molecule has 4 rings (SSSR count). The Morgan fingerprint density at radius 3 is 2.96 bits per heavy atom. The molecule has 0 radical (unpaired) electrons. The lowest BCUT2D eigenvalue weighted by Gasteiger charge is -2.35. The fourth-order valence-electron chi connectivity index (χ4n) is 3.53. The van der Waals surface area contributed by atoms with Crippen molar-refractivity contribution >= 4 is 0 Å². The van der Waals surface area contributed by atoms with Crippen LogP contribution in [-0.4, -0.2) is 37.4 Å². The van der Waals surface area contributed by atoms with Crippen molar-refractivity contribution in [1.82, 2.24) is 24.8 Å². The Bertz CT molecular complexity index is 768. The standard InChI is InChI=1S/C19H23N5O/c1-3-9-20-18(7-1)19-14-17(25-22-19)15-23-11-4-2-6-16(23)8-13-24-12-5-10-21-24/h1,3,5,7,9-10,12,14,16H,2,4,6,8,11,13,15H2/t16-/m0/s1. The first-order valence-electron chi connectivity index (χ1n) is 8.97. The highest BCUT2D eigenvalue weighted by Gasteiger charge is 2.23. The molecule has 0 amide bonds. The summed E-state index contributed by atoms with van der Waals surface area (Å²) in [5, 5.41) is 8.49. The summed E-state index contributed by atoms with van der Waals surface area (Å²) in [6.45, 7) is 2.89. The van der Waals surface area contributed by atoms with E-state index in [2.05, 4.69) is 20.1 Å². The van der Waals surface area contributed by atoms with Gasteiger partial charge in [0.05, 0.1) is 12.2 Å². The van der Waals surface area contributed by atoms with Crippen molar-refractivity contribution in [2.75, 3.05) is 6.54 Å². The van der Waals surface area contributed by atoms with Crippen LogP contribution in [0.4, 0.5) is 0 Å². The Kier molecular flexibility index (Phi) is 4.88. The molecule has 0 aromatic carbocycles. The van der Waals surface area contributed by atoms with E-state index in [1.165, 1.54) is 19.3 Å². The lowest BCUT2D eigenvalue weighted by molar-refractivity contribution is 0.115. The van der Waals surface area contributed by atoms with Gasteiger partial charge in [-0.05, 0) is 44.0 Å². The summed E-state index contributed by atoms with van der Waals surface area (Å²) in [6.07, 6.45) is 10.6. The number of likely N-dealkylation sites (tertiary alicyclic amines) is 1. The molecule has 1 atom stereocenters. The monoisotopic (exact) mass is 337 g/mol. The van der Waals surface area contributed by atoms with Crippen LogP contribution in [0.15, 0.2) is 53.4 Å². The first-order valence-corrected chi connectivity index (χ1v) is 8.97. The first kappa shape index (κ1) is 16.0. The fraction of sp³-hybridized carbons (Fsp3) is 0.421. The van der Waals surface area contributed by atoms with E-state index in [1.807, 2.05) is 47.4 Å². The molecule has 3 aromatic rings. The van der Waals surface area contributed by atoms with Crippen molar-refractivity contribution in [3.63, 3.8) is 0 Å². The predicted molar refractivity (Wildman–Crippen MR) is 94.6 cm³/mol. The third kappa shape index (κ3) is 3.96. The zero-order valence-corrected chi connectivity index (χ0v) is 14.3. The van der Waals surface area contributed by atoms with Crippen LogP contribution in [0.25, 0.3) is 11.4 Å². The lowest BCUT2D eigenvalue weighted by atomic mass is 9.99. The molecule has 1 fully saturated rings. The van der Waals surface area contributed by atoms with Crippen LogP contribution in [0.3, 0.4) is 0 Å². The maximum absolute atomic E-state index is 5.57. The van der Waals surface area contributed by atoms with Gasteiger partial charge >= 0.3 is 0 Å². The molecule has 0 bridgehead atoms. The van der Waals surface area contributed by atoms with Crippen LogP contribution >= 0.6 is 0 Å². The van der Waals surface area contributed by atoms with Crippen LogP contribution in [-0.2, 0) is 13.1 Å². The number of nitrogens with zero attached hydrogens (tertiary/aromatic N) is 5. The van der Waals surface area contributed by atoms with Crippen LogP contribution in [0.5, 0.6) is 0 Å². The highest BCUT2D eigenvalue weighted by atomic mass is 16.5. The maximum Gasteiger partial charge on any atom is 0.151 e. The van der Waals surface area contributed by atoms with E-state index in [4.69, 9.17) is 4.52 Å². The average Bonchev–Trinajstić information content (AvgIpc) is 3.34. The Morgan fingerprint density at radius 2 is 2.12 bits per heavy atom. The number of aromatic nitrogens is 4. The minimum atomic E-state index is 0.571. The highest BCUT2D eigenvalue weighted by Crippen LogP contribution is 2.24. The lowest BCUT2D eigenvalue weighted by Crippen LogP contribution is -2.39. The van der Waals surface area contributed by atoms with Gasteiger partial charge in [0.25, 0.3) is 0 Å². The van der Waals surface area contributed by atoms with E-state index in [-0.39, 0.29) is 0 Å². The average molecular weight is 337 g/mol. The van der Waals surface area contributed by atoms with E-state index >= 15 is 0 Å². The molecule has 3 aromatic heterocycles. The van der Waals surface area contributed by atoms with Crippen molar-refractivity contribution in [1.29, 1.82) is 0 Å². The topological polar surface area (TPSA) is 60.0 Å². The van der Waals surface area contributed by atoms with Gasteiger partial charge in [0.15, 0.2) is 5.76 Å². The quantitative estimate of drug-likeness (QED) is 0.690. The van der Waals surface area contributed by atoms with E-state index in [1.54, 1.807) is 6.20 Å². The van der Waals surface area contributed by atoms with Crippen molar-refractivity contribution in [2.24, 2.45) is 0 Å². The maximum atomic E-state index is 5.57. The van der Waals surface area contributed by atoms with Gasteiger partial charge in [0, 0.05) is 37.2 Å². The summed E-state index contributed by atoms with van der Waals surface area (Å²) in [5.41, 5.74) is 1.66. The molecule has 130 valence electrons. The smallest absolute Gasteiger partial charge is 0.151 e. The molecule has 6 nitrogen and oxygen atoms in total. The van der Waals surface area contributed by atoms with Crippen LogP contribution < -0.4 is 0 Å². The zero-order chi connectivity index (χ0) is 16.9. The van der Waals surface area contributed by atoms with Gasteiger partial charge in [0.2, 0.25) is 0 Å². The summed E-state index contributed by atoms with van der Waals surface area (Å²) < 4.78 is 7.59. The largest absolute Gasteiger partial charge is 0.359 e. The van der Waals surface area contributed by atoms with Gasteiger partial charge in [-0.3, -0.25) is 14.6 Å². The van der Waals surface area contributed by atoms with E-state index in [0.29, 0.717) is 6.04 Å². The second kappa shape index (κ2) is 7.61. The van der Waals surface area contributed by atoms with Crippen molar-refractivity contribution in [2.45, 2.75) is 44.8 Å². The van der Waals surface area contributed by atoms with Gasteiger partial charge in [-0.15, -0.1) is 0 Å². The number of hydrogen-bond acceptors (Lipinski definition) is 5. The summed E-state index contributed by atoms with van der Waals surface area (Å²) >= 11 is 0. The molecule has 25 heavy (non-hydrogen) atoms. The summed E-state index contributed by atoms with van der Waals surface area (Å²) in [5.74, 6) is 0.909. The Hall–Kier alpha value is -2.47. The molecule has 1 aliphatic rings. The molecule has 0 unspecified atom stereocenters. The summed E-state index contributed by atoms with van der Waals surface area (Å²) in [7, 11) is 0. The van der Waals surface area contributed by atoms with Gasteiger partial charge < -0.3 is 4.52 Å². The molecule has 0 N–H and O–H groups in total. The van der Waals surface area contributed by atoms with E-state index in [9.17, 15) is 0 Å². The molecule has 1 aliphatic heterocycles. The Labute approximate surface area is 147 Å². The molecule has 0 aliphatic carbocycles. The third-order valence-corrected chi connectivity index (χ3v) is 4.84. The van der Waals surface area contributed by atoms with Crippen molar-refractivity contribution in [3.05, 3.63) is 54.7 Å². The molecular weight excluding hydrogens is 314 g/mol. The van der Waals surface area contributed by atoms with E-state index < -0.39 is 0 Å². The van der Waals surface area contributed by atoms with Gasteiger partial charge in [-0.25, -0.2) is 0 Å². The minimum absolute atomic E-state index is 0.571. The molecule has 0 spiro atoms. The Morgan fingerprint density at radius 1 is 1.12 bits per heavy atom. The number of piperidine rings is 1. The number of pyridine rings is 1. The highest BCUT2D eigenvalue weighted by molar-refractivity contribution is 5.52. The fourth-order valence-corrected chi connectivity index (χ4v) is 3.53. The Balaban J connectivity index is 1.40. The second-order valence-corrected chi connectivity index (χ2v) is 6.57. The van der Waals surface area contributed by atoms with Crippen LogP contribution in [0.2, 0.25) is 0 Å². The van der Waals surface area contributed by atoms with Crippen LogP contribution in [0.1, 0.15) is 31.4 Å². The first-order chi connectivity index (χ1) is 12.4. The number of hydrogen-bond donors (Lipinski definition) is 0.